The lowest BCUT2D eigenvalue weighted by molar-refractivity contribution is -0.204. The van der Waals surface area contributed by atoms with Crippen LogP contribution in [0.3, 0.4) is 0 Å². The number of carbonyl (C=O) groups excluding carboxylic acids is 3. The van der Waals surface area contributed by atoms with E-state index in [1.165, 1.54) is 13.8 Å². The van der Waals surface area contributed by atoms with Crippen LogP contribution in [0.2, 0.25) is 0 Å². The van der Waals surface area contributed by atoms with E-state index in [0.717, 1.165) is 51.4 Å². The Kier molecular flexibility index (Phi) is 4.86. The van der Waals surface area contributed by atoms with Crippen molar-refractivity contribution in [1.29, 1.82) is 0 Å². The molecule has 5 nitrogen and oxygen atoms in total. The molecular weight excluding hydrogens is 356 g/mol. The predicted octanol–water partition coefficient (Wildman–Crippen LogP) is 4.07. The zero-order valence-electron chi connectivity index (χ0n) is 17.7. The van der Waals surface area contributed by atoms with Crippen LogP contribution < -0.4 is 0 Å². The fourth-order valence-electron chi connectivity index (χ4n) is 7.73. The molecule has 0 N–H and O–H groups in total. The van der Waals surface area contributed by atoms with Crippen LogP contribution in [0.5, 0.6) is 0 Å². The number of ketones is 1. The van der Waals surface area contributed by atoms with Crippen molar-refractivity contribution in [3.63, 3.8) is 0 Å². The lowest BCUT2D eigenvalue weighted by atomic mass is 9.44. The first-order valence-electron chi connectivity index (χ1n) is 11.0. The van der Waals surface area contributed by atoms with Gasteiger partial charge in [0.15, 0.2) is 0 Å². The summed E-state index contributed by atoms with van der Waals surface area (Å²) < 4.78 is 11.3. The first-order chi connectivity index (χ1) is 13.2. The largest absolute Gasteiger partial charge is 0.459 e. The molecule has 28 heavy (non-hydrogen) atoms. The number of carbonyl (C=O) groups is 3. The Morgan fingerprint density at radius 3 is 2.25 bits per heavy atom. The van der Waals surface area contributed by atoms with Crippen molar-refractivity contribution in [2.75, 3.05) is 0 Å². The summed E-state index contributed by atoms with van der Waals surface area (Å²) in [4.78, 5) is 36.0. The maximum atomic E-state index is 12.6. The van der Waals surface area contributed by atoms with Gasteiger partial charge < -0.3 is 9.47 Å². The van der Waals surface area contributed by atoms with Gasteiger partial charge in [0, 0.05) is 31.6 Å². The van der Waals surface area contributed by atoms with Gasteiger partial charge in [-0.25, -0.2) is 0 Å². The molecule has 0 aromatic heterocycles. The summed E-state index contributed by atoms with van der Waals surface area (Å²) >= 11 is 0. The Bertz CT molecular complexity index is 686. The molecule has 5 heteroatoms. The average Bonchev–Trinajstić information content (AvgIpc) is 2.91. The van der Waals surface area contributed by atoms with Gasteiger partial charge in [-0.1, -0.05) is 13.8 Å². The molecule has 4 saturated carbocycles. The minimum absolute atomic E-state index is 0.0760. The fourth-order valence-corrected chi connectivity index (χ4v) is 7.73. The van der Waals surface area contributed by atoms with Crippen molar-refractivity contribution in [3.05, 3.63) is 0 Å². The molecule has 4 fully saturated rings. The molecule has 4 rings (SSSR count). The van der Waals surface area contributed by atoms with Crippen LogP contribution in [0.4, 0.5) is 0 Å². The van der Waals surface area contributed by atoms with Crippen molar-refractivity contribution in [2.24, 2.45) is 34.5 Å². The molecular formula is C23H34O5. The summed E-state index contributed by atoms with van der Waals surface area (Å²) in [5.74, 6) is 1.75. The highest BCUT2D eigenvalue weighted by atomic mass is 16.6. The quantitative estimate of drug-likeness (QED) is 0.665. The number of hydrogen-bond acceptors (Lipinski definition) is 5. The maximum Gasteiger partial charge on any atom is 0.303 e. The molecule has 4 aliphatic rings. The zero-order chi connectivity index (χ0) is 20.3. The highest BCUT2D eigenvalue weighted by molar-refractivity contribution is 5.87. The molecule has 0 heterocycles. The van der Waals surface area contributed by atoms with E-state index < -0.39 is 0 Å². The zero-order valence-corrected chi connectivity index (χ0v) is 17.7. The third-order valence-corrected chi connectivity index (χ3v) is 9.00. The SMILES string of the molecule is CC(=O)O[C@H]1[C@H](OC(C)=O)CC[C@]2(C)[C@H]3CC[C@]4(C)C(=O)CC[C@H]4[C@@H]3CC[C@@H]12. The van der Waals surface area contributed by atoms with Crippen LogP contribution in [-0.2, 0) is 23.9 Å². The number of hydrogen-bond donors (Lipinski definition) is 0. The van der Waals surface area contributed by atoms with E-state index in [4.69, 9.17) is 9.47 Å². The molecule has 0 saturated heterocycles. The summed E-state index contributed by atoms with van der Waals surface area (Å²) in [5.41, 5.74) is -0.0404. The van der Waals surface area contributed by atoms with Gasteiger partial charge in [0.05, 0.1) is 0 Å². The second-order valence-electron chi connectivity index (χ2n) is 10.2. The minimum Gasteiger partial charge on any atom is -0.459 e. The molecule has 8 atom stereocenters. The summed E-state index contributed by atoms with van der Waals surface area (Å²) in [6.07, 6.45) is 6.98. The molecule has 0 bridgehead atoms. The minimum atomic E-state index is -0.348. The molecule has 156 valence electrons. The molecule has 0 spiro atoms. The Hall–Kier alpha value is -1.39. The van der Waals surface area contributed by atoms with Crippen LogP contribution >= 0.6 is 0 Å². The normalized spacial score (nSPS) is 47.5. The van der Waals surface area contributed by atoms with Gasteiger partial charge in [-0.2, -0.15) is 0 Å². The van der Waals surface area contributed by atoms with Crippen molar-refractivity contribution in [2.45, 2.75) is 91.3 Å². The second-order valence-corrected chi connectivity index (χ2v) is 10.2. The molecule has 0 unspecified atom stereocenters. The van der Waals surface area contributed by atoms with Gasteiger partial charge in [0.1, 0.15) is 18.0 Å². The monoisotopic (exact) mass is 390 g/mol. The molecule has 0 aromatic rings. The van der Waals surface area contributed by atoms with Gasteiger partial charge in [-0.05, 0) is 68.1 Å². The van der Waals surface area contributed by atoms with Gasteiger partial charge >= 0.3 is 11.9 Å². The number of Topliss-reactive ketones (excluding diaryl/α,β-unsaturated/α-hetero) is 1. The van der Waals surface area contributed by atoms with E-state index in [1.54, 1.807) is 0 Å². The van der Waals surface area contributed by atoms with Gasteiger partial charge in [0.25, 0.3) is 0 Å². The Morgan fingerprint density at radius 2 is 1.57 bits per heavy atom. The number of esters is 2. The van der Waals surface area contributed by atoms with Crippen molar-refractivity contribution < 1.29 is 23.9 Å². The lowest BCUT2D eigenvalue weighted by Crippen LogP contribution is -2.59. The number of ether oxygens (including phenoxy) is 2. The fraction of sp³-hybridized carbons (Fsp3) is 0.870. The Labute approximate surface area is 167 Å². The van der Waals surface area contributed by atoms with Crippen LogP contribution in [0.1, 0.15) is 79.1 Å². The van der Waals surface area contributed by atoms with Crippen molar-refractivity contribution >= 4 is 17.7 Å². The van der Waals surface area contributed by atoms with Crippen LogP contribution in [0.15, 0.2) is 0 Å². The molecule has 0 radical (unpaired) electrons. The maximum absolute atomic E-state index is 12.6. The molecule has 0 aliphatic heterocycles. The number of fused-ring (bicyclic) bond motifs is 5. The molecule has 0 aromatic carbocycles. The van der Waals surface area contributed by atoms with Crippen molar-refractivity contribution in [3.8, 4) is 0 Å². The standard InChI is InChI=1S/C23H34O5/c1-13(24)27-19-10-12-22(3)17-9-11-23(4)16(7-8-20(23)26)15(17)5-6-18(22)21(19)28-14(2)25/h15-19,21H,5-12H2,1-4H3/t15-,16-,17-,18-,19+,21+,22+,23-/m0/s1. The lowest BCUT2D eigenvalue weighted by Gasteiger charge is -2.61. The third-order valence-electron chi connectivity index (χ3n) is 9.00. The third kappa shape index (κ3) is 2.91. The van der Waals surface area contributed by atoms with Gasteiger partial charge in [0.2, 0.25) is 0 Å². The second kappa shape index (κ2) is 6.84. The summed E-state index contributed by atoms with van der Waals surface area (Å²) in [7, 11) is 0. The average molecular weight is 391 g/mol. The summed E-state index contributed by atoms with van der Waals surface area (Å²) in [6, 6.07) is 0. The van der Waals surface area contributed by atoms with Gasteiger partial charge in [-0.3, -0.25) is 14.4 Å². The highest BCUT2D eigenvalue weighted by Gasteiger charge is 2.62. The summed E-state index contributed by atoms with van der Waals surface area (Å²) in [6.45, 7) is 7.44. The first-order valence-corrected chi connectivity index (χ1v) is 11.0. The van der Waals surface area contributed by atoms with E-state index >= 15 is 0 Å². The van der Waals surface area contributed by atoms with E-state index in [9.17, 15) is 14.4 Å². The predicted molar refractivity (Wildman–Crippen MR) is 103 cm³/mol. The van der Waals surface area contributed by atoms with E-state index in [1.807, 2.05) is 0 Å². The number of rotatable bonds is 2. The topological polar surface area (TPSA) is 69.7 Å². The van der Waals surface area contributed by atoms with E-state index in [2.05, 4.69) is 13.8 Å². The Balaban J connectivity index is 1.62. The molecule has 4 aliphatic carbocycles. The van der Waals surface area contributed by atoms with Crippen molar-refractivity contribution in [1.82, 2.24) is 0 Å². The summed E-state index contributed by atoms with van der Waals surface area (Å²) in [5, 5.41) is 0. The Morgan fingerprint density at radius 1 is 0.857 bits per heavy atom. The molecule has 0 amide bonds. The van der Waals surface area contributed by atoms with Crippen LogP contribution in [0.25, 0.3) is 0 Å². The first kappa shape index (κ1) is 19.9. The van der Waals surface area contributed by atoms with E-state index in [0.29, 0.717) is 23.5 Å². The van der Waals surface area contributed by atoms with Crippen LogP contribution in [-0.4, -0.2) is 29.9 Å². The van der Waals surface area contributed by atoms with E-state index in [-0.39, 0.29) is 40.9 Å². The smallest absolute Gasteiger partial charge is 0.303 e. The van der Waals surface area contributed by atoms with Gasteiger partial charge in [-0.15, -0.1) is 0 Å². The highest BCUT2D eigenvalue weighted by Crippen LogP contribution is 2.65. The van der Waals surface area contributed by atoms with Crippen LogP contribution in [0, 0.1) is 34.5 Å².